The van der Waals surface area contributed by atoms with E-state index in [-0.39, 0.29) is 18.9 Å². The Labute approximate surface area is 346 Å². The highest BCUT2D eigenvalue weighted by Gasteiger charge is 2.46. The van der Waals surface area contributed by atoms with Gasteiger partial charge in [0.05, 0.1) is 12.7 Å². The molecular formula is C44H82N3O10. The van der Waals surface area contributed by atoms with Gasteiger partial charge in [0.25, 0.3) is 0 Å². The van der Waals surface area contributed by atoms with Crippen molar-refractivity contribution in [1.29, 1.82) is 0 Å². The van der Waals surface area contributed by atoms with E-state index in [1.165, 1.54) is 97.3 Å². The van der Waals surface area contributed by atoms with Crippen molar-refractivity contribution in [1.82, 2.24) is 15.9 Å². The quantitative estimate of drug-likeness (QED) is 0.0308. The monoisotopic (exact) mass is 814 g/mol. The number of aliphatic hydroxyl groups excluding tert-OH is 3. The van der Waals surface area contributed by atoms with Gasteiger partial charge in [-0.25, -0.2) is 0 Å². The minimum atomic E-state index is -1.56. The Hall–Kier alpha value is -2.16. The van der Waals surface area contributed by atoms with Gasteiger partial charge in [-0.15, -0.1) is 0 Å². The first kappa shape index (κ1) is 51.0. The van der Waals surface area contributed by atoms with Gasteiger partial charge in [-0.05, 0) is 33.1 Å². The minimum absolute atomic E-state index is 0.160. The molecule has 0 spiro atoms. The van der Waals surface area contributed by atoms with Crippen LogP contribution in [0.1, 0.15) is 188 Å². The Kier molecular flexibility index (Phi) is 31.0. The molecule has 0 bridgehead atoms. The van der Waals surface area contributed by atoms with Crippen LogP contribution in [0.3, 0.4) is 0 Å². The first-order valence-electron chi connectivity index (χ1n) is 23.0. The molecule has 0 aromatic heterocycles. The van der Waals surface area contributed by atoms with Gasteiger partial charge in [-0.2, -0.15) is 0 Å². The molecule has 0 aromatic carbocycles. The molecule has 0 aliphatic carbocycles. The van der Waals surface area contributed by atoms with Crippen LogP contribution in [0, 0.1) is 0 Å². The summed E-state index contributed by atoms with van der Waals surface area (Å²) >= 11 is 0. The van der Waals surface area contributed by atoms with Gasteiger partial charge in [0.15, 0.2) is 6.29 Å². The zero-order chi connectivity index (χ0) is 43.0. The highest BCUT2D eigenvalue weighted by atomic mass is 16.6. The lowest BCUT2D eigenvalue weighted by atomic mass is 9.96. The third-order valence-corrected chi connectivity index (χ3v) is 10.7. The van der Waals surface area contributed by atoms with Crippen LogP contribution < -0.4 is 15.9 Å². The number of rotatable bonds is 37. The molecule has 8 atom stereocenters. The van der Waals surface area contributed by atoms with Crippen LogP contribution in [-0.4, -0.2) is 108 Å². The number of amides is 2. The number of esters is 1. The van der Waals surface area contributed by atoms with E-state index in [0.717, 1.165) is 69.6 Å². The lowest BCUT2D eigenvalue weighted by Crippen LogP contribution is -2.65. The fourth-order valence-electron chi connectivity index (χ4n) is 7.25. The van der Waals surface area contributed by atoms with Crippen molar-refractivity contribution >= 4 is 24.1 Å². The molecule has 2 amide bonds. The maximum Gasteiger partial charge on any atom is 0.306 e. The van der Waals surface area contributed by atoms with E-state index in [0.29, 0.717) is 12.8 Å². The number of unbranched alkanes of at least 4 members (excludes halogenated alkanes) is 21. The summed E-state index contributed by atoms with van der Waals surface area (Å²) in [6, 6.07) is -2.35. The lowest BCUT2D eigenvalue weighted by Gasteiger charge is -2.43. The smallest absolute Gasteiger partial charge is 0.306 e. The number of hydrogen-bond acceptors (Lipinski definition) is 11. The normalized spacial score (nSPS) is 21.4. The minimum Gasteiger partial charge on any atom is -0.460 e. The number of aliphatic hydroxyl groups is 3. The summed E-state index contributed by atoms with van der Waals surface area (Å²) < 4.78 is 24.9. The van der Waals surface area contributed by atoms with Crippen LogP contribution in [0.5, 0.6) is 0 Å². The molecule has 13 heteroatoms. The Morgan fingerprint density at radius 2 is 1.26 bits per heavy atom. The number of nitrogens with one attached hydrogen (secondary N) is 3. The maximum absolute atomic E-state index is 12.5. The van der Waals surface area contributed by atoms with E-state index >= 15 is 0 Å². The second kappa shape index (κ2) is 34.7. The predicted molar refractivity (Wildman–Crippen MR) is 223 cm³/mol. The van der Waals surface area contributed by atoms with Crippen molar-refractivity contribution < 1.29 is 50.1 Å². The van der Waals surface area contributed by atoms with Gasteiger partial charge < -0.3 is 45.5 Å². The Morgan fingerprint density at radius 1 is 0.772 bits per heavy atom. The van der Waals surface area contributed by atoms with Crippen LogP contribution in [0.15, 0.2) is 0 Å². The van der Waals surface area contributed by atoms with Gasteiger partial charge in [0.1, 0.15) is 37.9 Å². The van der Waals surface area contributed by atoms with E-state index in [2.05, 4.69) is 17.6 Å². The molecule has 0 saturated carbocycles. The number of carbonyl (C=O) groups excluding carboxylic acids is 4. The molecule has 1 aliphatic rings. The molecule has 1 rings (SSSR count). The van der Waals surface area contributed by atoms with Gasteiger partial charge in [-0.1, -0.05) is 135 Å². The second-order valence-electron chi connectivity index (χ2n) is 16.1. The van der Waals surface area contributed by atoms with E-state index in [1.54, 1.807) is 13.2 Å². The summed E-state index contributed by atoms with van der Waals surface area (Å²) in [5.74, 6) is -0.785. The van der Waals surface area contributed by atoms with Crippen molar-refractivity contribution in [2.45, 2.75) is 237 Å². The van der Waals surface area contributed by atoms with E-state index < -0.39 is 67.4 Å². The predicted octanol–water partition coefficient (Wildman–Crippen LogP) is 6.22. The summed E-state index contributed by atoms with van der Waals surface area (Å²) in [5.41, 5.74) is 0. The van der Waals surface area contributed by atoms with E-state index in [4.69, 9.17) is 15.6 Å². The first-order valence-corrected chi connectivity index (χ1v) is 22.6. The van der Waals surface area contributed by atoms with Crippen LogP contribution in [0.2, 0.25) is 1.41 Å². The largest absolute Gasteiger partial charge is 0.460 e. The average Bonchev–Trinajstić information content (AvgIpc) is 3.18. The van der Waals surface area contributed by atoms with E-state index in [9.17, 15) is 34.5 Å². The summed E-state index contributed by atoms with van der Waals surface area (Å²) in [5, 5.41) is 36.9. The number of ether oxygens (including phenoxy) is 3. The Bertz CT molecular complexity index is 1070. The van der Waals surface area contributed by atoms with Crippen molar-refractivity contribution in [3.05, 3.63) is 0 Å². The number of carbonyl (C=O) groups is 3. The van der Waals surface area contributed by atoms with Crippen molar-refractivity contribution in [3.63, 3.8) is 0 Å². The average molecular weight is 814 g/mol. The van der Waals surface area contributed by atoms with Crippen molar-refractivity contribution in [2.75, 3.05) is 19.7 Å². The zero-order valence-electron chi connectivity index (χ0n) is 37.1. The molecule has 13 nitrogen and oxygen atoms in total. The standard InChI is InChI=1S/C44H82N3O10/c1-5-6-7-8-9-10-11-12-13-14-15-16-19-22-25-28-39(51)45-30-27-24-21-18-17-20-23-26-29-40(52)56-35(3)37(32-48)46-31-34(2)55-43-41(47-36(4)50)44(54)57-38(33-49)42(43)53/h34-35,37-38,41-44,46,49,53-54H,5-31,33H2,1-4H3,(H,45,51)(H,47,50)/t34?,35-,37-,38-,41-,42-,43-,44+/m1/s1/i/hD. The van der Waals surface area contributed by atoms with Crippen LogP contribution in [0.25, 0.3) is 0 Å². The van der Waals surface area contributed by atoms with Crippen LogP contribution >= 0.6 is 0 Å². The topological polar surface area (TPSA) is 193 Å². The molecule has 1 unspecified atom stereocenters. The Balaban J connectivity index is 2.08. The molecule has 57 heavy (non-hydrogen) atoms. The highest BCUT2D eigenvalue weighted by Crippen LogP contribution is 2.24. The van der Waals surface area contributed by atoms with Crippen molar-refractivity contribution in [3.8, 4) is 0 Å². The molecule has 1 saturated heterocycles. The lowest BCUT2D eigenvalue weighted by molar-refractivity contribution is -0.267. The Morgan fingerprint density at radius 3 is 1.75 bits per heavy atom. The summed E-state index contributed by atoms with van der Waals surface area (Å²) in [6.45, 7) is 6.57. The molecule has 333 valence electrons. The second-order valence-corrected chi connectivity index (χ2v) is 16.1. The zero-order valence-corrected chi connectivity index (χ0v) is 36.1. The molecule has 0 aromatic rings. The molecule has 1 radical (unpaired) electrons. The fraction of sp³-hybridized carbons (Fsp3) is 0.909. The summed E-state index contributed by atoms with van der Waals surface area (Å²) in [4.78, 5) is 48.1. The van der Waals surface area contributed by atoms with E-state index in [1.807, 2.05) is 0 Å². The third kappa shape index (κ3) is 26.5. The van der Waals surface area contributed by atoms with Gasteiger partial charge in [-0.3, -0.25) is 19.2 Å². The highest BCUT2D eigenvalue weighted by molar-refractivity contribution is 5.75. The number of hydrogen-bond donors (Lipinski definition) is 6. The van der Waals surface area contributed by atoms with Crippen LogP contribution in [-0.2, 0) is 33.4 Å². The first-order chi connectivity index (χ1) is 27.9. The summed E-state index contributed by atoms with van der Waals surface area (Å²) in [6.07, 6.45) is 23.3. The molecule has 6 N–H and O–H groups in total. The third-order valence-electron chi connectivity index (χ3n) is 10.7. The van der Waals surface area contributed by atoms with Crippen LogP contribution in [0.4, 0.5) is 0 Å². The van der Waals surface area contributed by atoms with Gasteiger partial charge >= 0.3 is 5.97 Å². The molecular weight excluding hydrogens is 730 g/mol. The molecule has 1 aliphatic heterocycles. The van der Waals surface area contributed by atoms with Crippen molar-refractivity contribution in [2.24, 2.45) is 0 Å². The van der Waals surface area contributed by atoms with Gasteiger partial charge in [0, 0.05) is 32.9 Å². The summed E-state index contributed by atoms with van der Waals surface area (Å²) in [7, 11) is 0. The molecule has 1 heterocycles. The molecule has 1 fully saturated rings. The SMILES string of the molecule is [2H]N(CC(C)O[C@H]1[C@H](O)[C@@H](CO)O[C@H](O)[C@@H]1NC(C)=O)[C@H]([C]=O)[C@@H](C)OC(=O)CCCCCCCCCCNC(=O)CCCCCCCCCCCCCCCCC. The maximum atomic E-state index is 12.5. The van der Waals surface area contributed by atoms with Gasteiger partial charge in [0.2, 0.25) is 18.1 Å². The fourth-order valence-corrected chi connectivity index (χ4v) is 7.25.